The molecule has 1 atom stereocenters. The van der Waals surface area contributed by atoms with Crippen LogP contribution >= 0.6 is 0 Å². The second-order valence-corrected chi connectivity index (χ2v) is 7.72. The summed E-state index contributed by atoms with van der Waals surface area (Å²) in [6.45, 7) is 5.21. The van der Waals surface area contributed by atoms with E-state index in [4.69, 9.17) is 9.47 Å². The van der Waals surface area contributed by atoms with Gasteiger partial charge in [0.25, 0.3) is 0 Å². The Balaban J connectivity index is 1.17. The first-order valence-corrected chi connectivity index (χ1v) is 9.76. The quantitative estimate of drug-likeness (QED) is 0.716. The number of amides is 1. The van der Waals surface area contributed by atoms with Crippen LogP contribution in [0.5, 0.6) is 0 Å². The van der Waals surface area contributed by atoms with Gasteiger partial charge in [0, 0.05) is 38.7 Å². The summed E-state index contributed by atoms with van der Waals surface area (Å²) in [5.41, 5.74) is -0.0481. The summed E-state index contributed by atoms with van der Waals surface area (Å²) in [6, 6.07) is 1.83. The molecule has 0 aromatic carbocycles. The average molecular weight is 360 g/mol. The van der Waals surface area contributed by atoms with Crippen molar-refractivity contribution in [1.82, 2.24) is 14.9 Å². The fourth-order valence-corrected chi connectivity index (χ4v) is 4.31. The van der Waals surface area contributed by atoms with E-state index in [2.05, 4.69) is 14.9 Å². The third-order valence-corrected chi connectivity index (χ3v) is 5.74. The molecule has 142 valence electrons. The monoisotopic (exact) mass is 360 g/mol. The maximum atomic E-state index is 12.0. The van der Waals surface area contributed by atoms with E-state index in [1.807, 2.05) is 11.0 Å². The van der Waals surface area contributed by atoms with Gasteiger partial charge in [0.05, 0.1) is 13.1 Å². The standard InChI is InChI=1S/C19H28N4O3/c24-17(22-8-1-2-9-22)13-25-10-4-16-5-11-26-19(12-16)14-23(15-19)18-20-6-3-7-21-18/h3,6-7,16H,1-2,4-5,8-15H2/t16-/m0/s1. The van der Waals surface area contributed by atoms with Crippen LogP contribution in [-0.4, -0.2) is 72.4 Å². The second kappa shape index (κ2) is 7.88. The maximum absolute atomic E-state index is 12.0. The summed E-state index contributed by atoms with van der Waals surface area (Å²) in [7, 11) is 0. The summed E-state index contributed by atoms with van der Waals surface area (Å²) in [5, 5.41) is 0. The number of hydrogen-bond donors (Lipinski definition) is 0. The summed E-state index contributed by atoms with van der Waals surface area (Å²) in [5.74, 6) is 1.53. The van der Waals surface area contributed by atoms with Crippen molar-refractivity contribution in [2.24, 2.45) is 5.92 Å². The summed E-state index contributed by atoms with van der Waals surface area (Å²) in [6.07, 6.45) is 8.94. The first kappa shape index (κ1) is 17.7. The smallest absolute Gasteiger partial charge is 0.248 e. The van der Waals surface area contributed by atoms with Crippen LogP contribution < -0.4 is 4.90 Å². The van der Waals surface area contributed by atoms with Crippen LogP contribution in [-0.2, 0) is 14.3 Å². The van der Waals surface area contributed by atoms with Gasteiger partial charge in [-0.2, -0.15) is 0 Å². The Hall–Kier alpha value is -1.73. The molecule has 0 saturated carbocycles. The van der Waals surface area contributed by atoms with E-state index in [0.29, 0.717) is 12.5 Å². The molecule has 0 N–H and O–H groups in total. The predicted octanol–water partition coefficient (Wildman–Crippen LogP) is 1.49. The van der Waals surface area contributed by atoms with E-state index in [-0.39, 0.29) is 18.1 Å². The lowest BCUT2D eigenvalue weighted by Crippen LogP contribution is -2.65. The average Bonchev–Trinajstić information content (AvgIpc) is 3.19. The van der Waals surface area contributed by atoms with Crippen molar-refractivity contribution in [1.29, 1.82) is 0 Å². The fraction of sp³-hybridized carbons (Fsp3) is 0.737. The molecule has 1 spiro atoms. The maximum Gasteiger partial charge on any atom is 0.248 e. The Morgan fingerprint density at radius 2 is 2.04 bits per heavy atom. The third kappa shape index (κ3) is 3.99. The van der Waals surface area contributed by atoms with Crippen molar-refractivity contribution in [2.45, 2.75) is 37.7 Å². The van der Waals surface area contributed by atoms with E-state index >= 15 is 0 Å². The van der Waals surface area contributed by atoms with Crippen LogP contribution in [0.25, 0.3) is 0 Å². The lowest BCUT2D eigenvalue weighted by atomic mass is 9.79. The Labute approximate surface area is 154 Å². The van der Waals surface area contributed by atoms with Crippen LogP contribution in [0.15, 0.2) is 18.5 Å². The molecule has 0 unspecified atom stereocenters. The van der Waals surface area contributed by atoms with Gasteiger partial charge in [-0.15, -0.1) is 0 Å². The zero-order valence-corrected chi connectivity index (χ0v) is 15.3. The second-order valence-electron chi connectivity index (χ2n) is 7.72. The molecule has 7 nitrogen and oxygen atoms in total. The fourth-order valence-electron chi connectivity index (χ4n) is 4.31. The van der Waals surface area contributed by atoms with Crippen LogP contribution in [0.3, 0.4) is 0 Å². The Morgan fingerprint density at radius 3 is 2.81 bits per heavy atom. The van der Waals surface area contributed by atoms with Crippen LogP contribution in [0.1, 0.15) is 32.1 Å². The number of anilines is 1. The van der Waals surface area contributed by atoms with Crippen molar-refractivity contribution >= 4 is 11.9 Å². The van der Waals surface area contributed by atoms with Crippen LogP contribution in [0.4, 0.5) is 5.95 Å². The Bertz CT molecular complexity index is 600. The summed E-state index contributed by atoms with van der Waals surface area (Å²) in [4.78, 5) is 24.7. The number of hydrogen-bond acceptors (Lipinski definition) is 6. The lowest BCUT2D eigenvalue weighted by Gasteiger charge is -2.53. The van der Waals surface area contributed by atoms with E-state index in [0.717, 1.165) is 70.8 Å². The van der Waals surface area contributed by atoms with Gasteiger partial charge in [-0.1, -0.05) is 0 Å². The van der Waals surface area contributed by atoms with Gasteiger partial charge < -0.3 is 19.3 Å². The molecule has 7 heteroatoms. The van der Waals surface area contributed by atoms with Gasteiger partial charge in [-0.05, 0) is 44.1 Å². The molecule has 3 aliphatic heterocycles. The van der Waals surface area contributed by atoms with E-state index in [9.17, 15) is 4.79 Å². The minimum atomic E-state index is -0.0481. The Morgan fingerprint density at radius 1 is 1.27 bits per heavy atom. The van der Waals surface area contributed by atoms with E-state index in [1.54, 1.807) is 12.4 Å². The van der Waals surface area contributed by atoms with Crippen molar-refractivity contribution in [2.75, 3.05) is 50.9 Å². The minimum Gasteiger partial charge on any atom is -0.372 e. The molecule has 0 aliphatic carbocycles. The molecular weight excluding hydrogens is 332 g/mol. The molecule has 4 heterocycles. The van der Waals surface area contributed by atoms with Gasteiger partial charge in [0.15, 0.2) is 0 Å². The number of aromatic nitrogens is 2. The van der Waals surface area contributed by atoms with Gasteiger partial charge >= 0.3 is 0 Å². The van der Waals surface area contributed by atoms with Crippen molar-refractivity contribution < 1.29 is 14.3 Å². The van der Waals surface area contributed by atoms with Crippen molar-refractivity contribution in [3.63, 3.8) is 0 Å². The zero-order valence-electron chi connectivity index (χ0n) is 15.3. The highest BCUT2D eigenvalue weighted by Gasteiger charge is 2.48. The normalized spacial score (nSPS) is 24.7. The molecule has 1 amide bonds. The largest absolute Gasteiger partial charge is 0.372 e. The molecule has 3 aliphatic rings. The van der Waals surface area contributed by atoms with Crippen molar-refractivity contribution in [3.05, 3.63) is 18.5 Å². The van der Waals surface area contributed by atoms with E-state index in [1.165, 1.54) is 0 Å². The number of carbonyl (C=O) groups is 1. The molecule has 3 fully saturated rings. The number of nitrogens with zero attached hydrogens (tertiary/aromatic N) is 4. The van der Waals surface area contributed by atoms with E-state index < -0.39 is 0 Å². The number of rotatable bonds is 6. The topological polar surface area (TPSA) is 67.8 Å². The molecule has 4 rings (SSSR count). The van der Waals surface area contributed by atoms with Crippen molar-refractivity contribution in [3.8, 4) is 0 Å². The molecule has 1 aromatic rings. The molecular formula is C19H28N4O3. The van der Waals surface area contributed by atoms with Crippen LogP contribution in [0, 0.1) is 5.92 Å². The Kier molecular flexibility index (Phi) is 5.36. The predicted molar refractivity (Wildman–Crippen MR) is 96.9 cm³/mol. The highest BCUT2D eigenvalue weighted by atomic mass is 16.5. The highest BCUT2D eigenvalue weighted by Crippen LogP contribution is 2.39. The van der Waals surface area contributed by atoms with Gasteiger partial charge in [-0.3, -0.25) is 4.79 Å². The SMILES string of the molecule is O=C(COCC[C@H]1CCOC2(C1)CN(c1ncccn1)C2)N1CCCC1. The molecule has 1 aromatic heterocycles. The number of likely N-dealkylation sites (tertiary alicyclic amines) is 1. The first-order chi connectivity index (χ1) is 12.7. The number of ether oxygens (including phenoxy) is 2. The van der Waals surface area contributed by atoms with Gasteiger partial charge in [0.2, 0.25) is 11.9 Å². The summed E-state index contributed by atoms with van der Waals surface area (Å²) < 4.78 is 11.8. The molecule has 3 saturated heterocycles. The van der Waals surface area contributed by atoms with Gasteiger partial charge in [0.1, 0.15) is 12.2 Å². The lowest BCUT2D eigenvalue weighted by molar-refractivity contribution is -0.136. The highest BCUT2D eigenvalue weighted by molar-refractivity contribution is 5.77. The zero-order chi connectivity index (χ0) is 17.8. The molecule has 26 heavy (non-hydrogen) atoms. The number of carbonyl (C=O) groups excluding carboxylic acids is 1. The first-order valence-electron chi connectivity index (χ1n) is 9.76. The van der Waals surface area contributed by atoms with Gasteiger partial charge in [-0.25, -0.2) is 9.97 Å². The third-order valence-electron chi connectivity index (χ3n) is 5.74. The summed E-state index contributed by atoms with van der Waals surface area (Å²) >= 11 is 0. The molecule has 0 radical (unpaired) electrons. The minimum absolute atomic E-state index is 0.0481. The molecule has 0 bridgehead atoms. The van der Waals surface area contributed by atoms with Crippen LogP contribution in [0.2, 0.25) is 0 Å².